The van der Waals surface area contributed by atoms with Crippen molar-refractivity contribution in [3.05, 3.63) is 54.4 Å². The molecule has 1 N–H and O–H groups in total. The fourth-order valence-electron chi connectivity index (χ4n) is 3.83. The van der Waals surface area contributed by atoms with E-state index in [1.807, 2.05) is 18.5 Å². The molecule has 1 spiro atoms. The minimum Gasteiger partial charge on any atom is -0.346 e. The highest BCUT2D eigenvalue weighted by atomic mass is 15.4. The average Bonchev–Trinajstić information content (AvgIpc) is 3.22. The highest BCUT2D eigenvalue weighted by Gasteiger charge is 2.51. The van der Waals surface area contributed by atoms with Crippen LogP contribution in [0.2, 0.25) is 0 Å². The molecule has 0 atom stereocenters. The number of aromatic nitrogens is 3. The van der Waals surface area contributed by atoms with Gasteiger partial charge in [-0.3, -0.25) is 4.90 Å². The van der Waals surface area contributed by atoms with Crippen molar-refractivity contribution in [1.29, 1.82) is 0 Å². The Morgan fingerprint density at radius 1 is 1.08 bits per heavy atom. The number of fused-ring (bicyclic) bond motifs is 1. The lowest BCUT2D eigenvalue weighted by Gasteiger charge is -2.42. The van der Waals surface area contributed by atoms with Crippen molar-refractivity contribution >= 4 is 17.0 Å². The zero-order valence-corrected chi connectivity index (χ0v) is 13.7. The van der Waals surface area contributed by atoms with Crippen molar-refractivity contribution in [1.82, 2.24) is 19.9 Å². The summed E-state index contributed by atoms with van der Waals surface area (Å²) in [6.07, 6.45) is 6.40. The lowest BCUT2D eigenvalue weighted by molar-refractivity contribution is 0.148. The SMILES string of the molecule is c1ccc(CN2CCN(c3ncc4cc[nH]c4n3)CC23CC3)cc1. The van der Waals surface area contributed by atoms with Gasteiger partial charge in [0, 0.05) is 49.5 Å². The van der Waals surface area contributed by atoms with Gasteiger partial charge >= 0.3 is 0 Å². The van der Waals surface area contributed by atoms with Crippen LogP contribution in [-0.2, 0) is 6.54 Å². The summed E-state index contributed by atoms with van der Waals surface area (Å²) in [5.41, 5.74) is 2.65. The van der Waals surface area contributed by atoms with Crippen LogP contribution in [0.4, 0.5) is 5.95 Å². The van der Waals surface area contributed by atoms with Crippen LogP contribution in [0.25, 0.3) is 11.0 Å². The van der Waals surface area contributed by atoms with Crippen molar-refractivity contribution in [2.24, 2.45) is 0 Å². The molecule has 5 nitrogen and oxygen atoms in total. The number of aromatic amines is 1. The molecule has 3 heterocycles. The van der Waals surface area contributed by atoms with Crippen LogP contribution in [0.5, 0.6) is 0 Å². The van der Waals surface area contributed by atoms with Crippen molar-refractivity contribution in [2.75, 3.05) is 24.5 Å². The fraction of sp³-hybridized carbons (Fsp3) is 0.368. The molecule has 1 aliphatic carbocycles. The number of H-pyrrole nitrogens is 1. The van der Waals surface area contributed by atoms with Crippen molar-refractivity contribution in [2.45, 2.75) is 24.9 Å². The summed E-state index contributed by atoms with van der Waals surface area (Å²) >= 11 is 0. The number of nitrogens with zero attached hydrogens (tertiary/aromatic N) is 4. The Labute approximate surface area is 141 Å². The van der Waals surface area contributed by atoms with Crippen LogP contribution in [0.15, 0.2) is 48.8 Å². The average molecular weight is 319 g/mol. The molecule has 1 saturated carbocycles. The molecule has 2 aromatic heterocycles. The van der Waals surface area contributed by atoms with Crippen molar-refractivity contribution in [3.63, 3.8) is 0 Å². The predicted octanol–water partition coefficient (Wildman–Crippen LogP) is 2.81. The van der Waals surface area contributed by atoms with E-state index < -0.39 is 0 Å². The molecule has 2 fully saturated rings. The monoisotopic (exact) mass is 319 g/mol. The van der Waals surface area contributed by atoms with E-state index in [-0.39, 0.29) is 0 Å². The number of benzene rings is 1. The fourth-order valence-corrected chi connectivity index (χ4v) is 3.83. The molecule has 1 aliphatic heterocycles. The summed E-state index contributed by atoms with van der Waals surface area (Å²) in [7, 11) is 0. The van der Waals surface area contributed by atoms with Crippen molar-refractivity contribution in [3.8, 4) is 0 Å². The summed E-state index contributed by atoms with van der Waals surface area (Å²) < 4.78 is 0. The number of hydrogen-bond donors (Lipinski definition) is 1. The largest absolute Gasteiger partial charge is 0.346 e. The van der Waals surface area contributed by atoms with Gasteiger partial charge in [0.1, 0.15) is 5.65 Å². The van der Waals surface area contributed by atoms with Gasteiger partial charge < -0.3 is 9.88 Å². The van der Waals surface area contributed by atoms with Gasteiger partial charge in [-0.25, -0.2) is 4.98 Å². The van der Waals surface area contributed by atoms with Crippen LogP contribution < -0.4 is 4.90 Å². The number of rotatable bonds is 3. The van der Waals surface area contributed by atoms with Crippen LogP contribution >= 0.6 is 0 Å². The van der Waals surface area contributed by atoms with Crippen molar-refractivity contribution < 1.29 is 0 Å². The molecule has 122 valence electrons. The molecule has 0 unspecified atom stereocenters. The van der Waals surface area contributed by atoms with E-state index in [2.05, 4.69) is 50.1 Å². The number of piperazine rings is 1. The maximum Gasteiger partial charge on any atom is 0.227 e. The zero-order chi connectivity index (χ0) is 16.0. The van der Waals surface area contributed by atoms with E-state index in [4.69, 9.17) is 4.98 Å². The van der Waals surface area contributed by atoms with E-state index in [0.29, 0.717) is 5.54 Å². The molecular formula is C19H21N5. The van der Waals surface area contributed by atoms with E-state index >= 15 is 0 Å². The Morgan fingerprint density at radius 2 is 1.96 bits per heavy atom. The van der Waals surface area contributed by atoms with Gasteiger partial charge in [0.05, 0.1) is 0 Å². The summed E-state index contributed by atoms with van der Waals surface area (Å²) in [4.78, 5) is 17.5. The highest BCUT2D eigenvalue weighted by Crippen LogP contribution is 2.45. The first-order chi connectivity index (χ1) is 11.8. The lowest BCUT2D eigenvalue weighted by Crippen LogP contribution is -2.55. The number of hydrogen-bond acceptors (Lipinski definition) is 4. The quantitative estimate of drug-likeness (QED) is 0.806. The van der Waals surface area contributed by atoms with E-state index in [0.717, 1.165) is 43.2 Å². The van der Waals surface area contributed by atoms with E-state index in [1.54, 1.807) is 0 Å². The van der Waals surface area contributed by atoms with Gasteiger partial charge in [0.2, 0.25) is 5.95 Å². The third-order valence-electron chi connectivity index (χ3n) is 5.41. The first-order valence-corrected chi connectivity index (χ1v) is 8.67. The van der Waals surface area contributed by atoms with Crippen LogP contribution in [0.1, 0.15) is 18.4 Å². The van der Waals surface area contributed by atoms with Crippen LogP contribution in [0, 0.1) is 0 Å². The summed E-state index contributed by atoms with van der Waals surface area (Å²) in [5.74, 6) is 0.857. The molecule has 5 rings (SSSR count). The Morgan fingerprint density at radius 3 is 2.79 bits per heavy atom. The van der Waals surface area contributed by atoms with Crippen LogP contribution in [0.3, 0.4) is 0 Å². The lowest BCUT2D eigenvalue weighted by atomic mass is 10.1. The van der Waals surface area contributed by atoms with Gasteiger partial charge in [-0.2, -0.15) is 4.98 Å². The zero-order valence-electron chi connectivity index (χ0n) is 13.7. The molecule has 5 heteroatoms. The third-order valence-corrected chi connectivity index (χ3v) is 5.41. The predicted molar refractivity (Wildman–Crippen MR) is 94.9 cm³/mol. The minimum atomic E-state index is 0.322. The molecular weight excluding hydrogens is 298 g/mol. The summed E-state index contributed by atoms with van der Waals surface area (Å²) in [6.45, 7) is 4.14. The smallest absolute Gasteiger partial charge is 0.227 e. The van der Waals surface area contributed by atoms with Crippen LogP contribution in [-0.4, -0.2) is 45.0 Å². The Hall–Kier alpha value is -2.40. The second-order valence-electron chi connectivity index (χ2n) is 7.00. The third kappa shape index (κ3) is 2.36. The molecule has 0 radical (unpaired) electrons. The van der Waals surface area contributed by atoms with Gasteiger partial charge in [-0.1, -0.05) is 30.3 Å². The topological polar surface area (TPSA) is 48.0 Å². The van der Waals surface area contributed by atoms with Gasteiger partial charge in [-0.15, -0.1) is 0 Å². The first kappa shape index (κ1) is 14.0. The van der Waals surface area contributed by atoms with Gasteiger partial charge in [0.25, 0.3) is 0 Å². The second-order valence-corrected chi connectivity index (χ2v) is 7.00. The molecule has 1 aromatic carbocycles. The summed E-state index contributed by atoms with van der Waals surface area (Å²) in [5, 5.41) is 1.07. The van der Waals surface area contributed by atoms with Gasteiger partial charge in [-0.05, 0) is 24.5 Å². The summed E-state index contributed by atoms with van der Waals surface area (Å²) in [6, 6.07) is 12.8. The van der Waals surface area contributed by atoms with Gasteiger partial charge in [0.15, 0.2) is 0 Å². The molecule has 0 bridgehead atoms. The molecule has 0 amide bonds. The molecule has 1 saturated heterocycles. The number of anilines is 1. The second kappa shape index (κ2) is 5.31. The maximum atomic E-state index is 4.70. The number of nitrogens with one attached hydrogen (secondary N) is 1. The Bertz CT molecular complexity index is 852. The normalized spacial score (nSPS) is 19.9. The maximum absolute atomic E-state index is 4.70. The standard InChI is InChI=1S/C19H21N5/c1-2-4-15(5-3-1)13-24-11-10-23(14-19(24)7-8-19)18-21-12-16-6-9-20-17(16)22-18/h1-6,9,12H,7-8,10-11,13-14H2,(H,20,21,22). The molecule has 3 aromatic rings. The Balaban J connectivity index is 1.36. The highest BCUT2D eigenvalue weighted by molar-refractivity contribution is 5.75. The first-order valence-electron chi connectivity index (χ1n) is 8.67. The molecule has 24 heavy (non-hydrogen) atoms. The minimum absolute atomic E-state index is 0.322. The molecule has 2 aliphatic rings. The Kier molecular flexibility index (Phi) is 3.10. The van der Waals surface area contributed by atoms with E-state index in [9.17, 15) is 0 Å². The van der Waals surface area contributed by atoms with E-state index in [1.165, 1.54) is 18.4 Å².